The minimum atomic E-state index is -0.328. The quantitative estimate of drug-likeness (QED) is 0.748. The maximum absolute atomic E-state index is 14.0. The second kappa shape index (κ2) is 6.55. The SMILES string of the molecule is Cc1nnc([C@@H]2CCC[C@H](NC(=O)c3cc4c(F)ccc(C)c4[nH]3)C2)o1. The summed E-state index contributed by atoms with van der Waals surface area (Å²) < 4.78 is 19.5. The van der Waals surface area contributed by atoms with Gasteiger partial charge in [-0.25, -0.2) is 4.39 Å². The predicted octanol–water partition coefficient (Wildman–Crippen LogP) is 3.76. The van der Waals surface area contributed by atoms with Crippen LogP contribution in [0.25, 0.3) is 10.9 Å². The molecule has 2 heterocycles. The molecule has 0 unspecified atom stereocenters. The number of hydrogen-bond donors (Lipinski definition) is 2. The van der Waals surface area contributed by atoms with Gasteiger partial charge in [-0.15, -0.1) is 10.2 Å². The monoisotopic (exact) mass is 356 g/mol. The molecule has 4 rings (SSSR count). The lowest BCUT2D eigenvalue weighted by atomic mass is 9.85. The van der Waals surface area contributed by atoms with Crippen molar-refractivity contribution in [3.05, 3.63) is 47.1 Å². The van der Waals surface area contributed by atoms with Crippen LogP contribution in [0.4, 0.5) is 4.39 Å². The van der Waals surface area contributed by atoms with Gasteiger partial charge in [0.15, 0.2) is 0 Å². The Hall–Kier alpha value is -2.70. The van der Waals surface area contributed by atoms with Crippen LogP contribution in [0.15, 0.2) is 22.6 Å². The highest BCUT2D eigenvalue weighted by Gasteiger charge is 2.28. The van der Waals surface area contributed by atoms with Gasteiger partial charge in [0.2, 0.25) is 11.8 Å². The summed E-state index contributed by atoms with van der Waals surface area (Å²) >= 11 is 0. The van der Waals surface area contributed by atoms with E-state index in [1.54, 1.807) is 19.1 Å². The number of fused-ring (bicyclic) bond motifs is 1. The number of aromatic nitrogens is 3. The smallest absolute Gasteiger partial charge is 0.267 e. The Kier molecular flexibility index (Phi) is 4.22. The molecule has 0 saturated heterocycles. The van der Waals surface area contributed by atoms with Crippen molar-refractivity contribution in [2.75, 3.05) is 0 Å². The zero-order chi connectivity index (χ0) is 18.3. The summed E-state index contributed by atoms with van der Waals surface area (Å²) in [5, 5.41) is 11.5. The lowest BCUT2D eigenvalue weighted by Gasteiger charge is -2.27. The number of carbonyl (C=O) groups is 1. The van der Waals surface area contributed by atoms with Crippen molar-refractivity contribution in [3.8, 4) is 0 Å². The molecule has 1 aromatic carbocycles. The molecule has 0 aliphatic heterocycles. The van der Waals surface area contributed by atoms with Crippen LogP contribution in [0.1, 0.15) is 59.4 Å². The van der Waals surface area contributed by atoms with Gasteiger partial charge in [0.05, 0.1) is 5.52 Å². The van der Waals surface area contributed by atoms with Crippen LogP contribution in [0.5, 0.6) is 0 Å². The summed E-state index contributed by atoms with van der Waals surface area (Å²) in [5.74, 6) is 0.821. The summed E-state index contributed by atoms with van der Waals surface area (Å²) in [5.41, 5.74) is 1.95. The molecule has 0 radical (unpaired) electrons. The number of carbonyl (C=O) groups excluding carboxylic acids is 1. The molecule has 6 nitrogen and oxygen atoms in total. The van der Waals surface area contributed by atoms with Gasteiger partial charge in [-0.1, -0.05) is 12.5 Å². The minimum Gasteiger partial charge on any atom is -0.425 e. The Bertz CT molecular complexity index is 923. The van der Waals surface area contributed by atoms with E-state index < -0.39 is 0 Å². The first-order valence-corrected chi connectivity index (χ1v) is 8.90. The lowest BCUT2D eigenvalue weighted by Crippen LogP contribution is -2.38. The van der Waals surface area contributed by atoms with Crippen LogP contribution in [0, 0.1) is 19.7 Å². The van der Waals surface area contributed by atoms with Crippen molar-refractivity contribution in [3.63, 3.8) is 0 Å². The molecule has 26 heavy (non-hydrogen) atoms. The van der Waals surface area contributed by atoms with Crippen LogP contribution >= 0.6 is 0 Å². The second-order valence-corrected chi connectivity index (χ2v) is 7.03. The Morgan fingerprint density at radius 2 is 2.15 bits per heavy atom. The van der Waals surface area contributed by atoms with Crippen LogP contribution in [-0.2, 0) is 0 Å². The second-order valence-electron chi connectivity index (χ2n) is 7.03. The summed E-state index contributed by atoms with van der Waals surface area (Å²) in [4.78, 5) is 15.7. The Morgan fingerprint density at radius 1 is 1.31 bits per heavy atom. The van der Waals surface area contributed by atoms with Crippen LogP contribution in [0.3, 0.4) is 0 Å². The van der Waals surface area contributed by atoms with Crippen molar-refractivity contribution in [2.24, 2.45) is 0 Å². The van der Waals surface area contributed by atoms with Crippen molar-refractivity contribution < 1.29 is 13.6 Å². The third kappa shape index (κ3) is 3.09. The van der Waals surface area contributed by atoms with Gasteiger partial charge in [0.25, 0.3) is 5.91 Å². The number of nitrogens with zero attached hydrogens (tertiary/aromatic N) is 2. The van der Waals surface area contributed by atoms with Gasteiger partial charge in [-0.3, -0.25) is 4.79 Å². The molecule has 0 bridgehead atoms. The number of halogens is 1. The van der Waals surface area contributed by atoms with E-state index in [0.717, 1.165) is 31.2 Å². The zero-order valence-corrected chi connectivity index (χ0v) is 14.8. The number of rotatable bonds is 3. The molecule has 7 heteroatoms. The fourth-order valence-corrected chi connectivity index (χ4v) is 3.73. The number of nitrogens with one attached hydrogen (secondary N) is 2. The van der Waals surface area contributed by atoms with E-state index in [2.05, 4.69) is 20.5 Å². The van der Waals surface area contributed by atoms with Crippen molar-refractivity contribution >= 4 is 16.8 Å². The highest BCUT2D eigenvalue weighted by molar-refractivity contribution is 5.99. The summed E-state index contributed by atoms with van der Waals surface area (Å²) in [6.45, 7) is 3.66. The summed E-state index contributed by atoms with van der Waals surface area (Å²) in [6, 6.07) is 4.74. The van der Waals surface area contributed by atoms with Crippen LogP contribution < -0.4 is 5.32 Å². The predicted molar refractivity (Wildman–Crippen MR) is 94.5 cm³/mol. The molecular formula is C19H21FN4O2. The summed E-state index contributed by atoms with van der Waals surface area (Å²) in [6.07, 6.45) is 3.63. The molecule has 3 aromatic rings. The number of hydrogen-bond acceptors (Lipinski definition) is 4. The number of amides is 1. The van der Waals surface area contributed by atoms with E-state index in [-0.39, 0.29) is 23.7 Å². The number of benzene rings is 1. The Morgan fingerprint density at radius 3 is 2.88 bits per heavy atom. The maximum Gasteiger partial charge on any atom is 0.267 e. The highest BCUT2D eigenvalue weighted by atomic mass is 19.1. The summed E-state index contributed by atoms with van der Waals surface area (Å²) in [7, 11) is 0. The van der Waals surface area contributed by atoms with Crippen molar-refractivity contribution in [1.82, 2.24) is 20.5 Å². The first-order chi connectivity index (χ1) is 12.5. The molecule has 2 N–H and O–H groups in total. The molecular weight excluding hydrogens is 335 g/mol. The molecule has 136 valence electrons. The maximum atomic E-state index is 14.0. The Balaban J connectivity index is 1.49. The van der Waals surface area contributed by atoms with Crippen LogP contribution in [0.2, 0.25) is 0 Å². The van der Waals surface area contributed by atoms with Crippen molar-refractivity contribution in [2.45, 2.75) is 51.5 Å². The van der Waals surface area contributed by atoms with Gasteiger partial charge in [0, 0.05) is 24.3 Å². The highest BCUT2D eigenvalue weighted by Crippen LogP contribution is 2.32. The Labute approximate surface area is 150 Å². The first kappa shape index (κ1) is 16.8. The third-order valence-corrected chi connectivity index (χ3v) is 5.09. The van der Waals surface area contributed by atoms with Gasteiger partial charge < -0.3 is 14.7 Å². The van der Waals surface area contributed by atoms with Gasteiger partial charge in [0.1, 0.15) is 11.5 Å². The fraction of sp³-hybridized carbons (Fsp3) is 0.421. The molecule has 1 aliphatic rings. The van der Waals surface area contributed by atoms with Crippen molar-refractivity contribution in [1.29, 1.82) is 0 Å². The van der Waals surface area contributed by atoms with Gasteiger partial charge in [-0.2, -0.15) is 0 Å². The largest absolute Gasteiger partial charge is 0.425 e. The average Bonchev–Trinajstić information content (AvgIpc) is 3.26. The fourth-order valence-electron chi connectivity index (χ4n) is 3.73. The molecule has 1 fully saturated rings. The van der Waals surface area contributed by atoms with E-state index >= 15 is 0 Å². The van der Waals surface area contributed by atoms with Gasteiger partial charge in [-0.05, 0) is 43.9 Å². The zero-order valence-electron chi connectivity index (χ0n) is 14.8. The van der Waals surface area contributed by atoms with E-state index in [1.165, 1.54) is 6.07 Å². The molecule has 1 amide bonds. The first-order valence-electron chi connectivity index (χ1n) is 8.90. The average molecular weight is 356 g/mol. The van der Waals surface area contributed by atoms with Crippen LogP contribution in [-0.4, -0.2) is 27.1 Å². The standard InChI is InChI=1S/C19H21FN4O2/c1-10-6-7-15(20)14-9-16(22-17(10)14)18(25)21-13-5-3-4-12(8-13)19-24-23-11(2)26-19/h6-7,9,12-13,22H,3-5,8H2,1-2H3,(H,21,25)/t12-,13+/m1/s1. The third-order valence-electron chi connectivity index (χ3n) is 5.09. The lowest BCUT2D eigenvalue weighted by molar-refractivity contribution is 0.0919. The molecule has 1 aliphatic carbocycles. The molecule has 1 saturated carbocycles. The minimum absolute atomic E-state index is 0.0332. The molecule has 2 atom stereocenters. The molecule has 0 spiro atoms. The topological polar surface area (TPSA) is 83.8 Å². The normalized spacial score (nSPS) is 20.4. The number of aryl methyl sites for hydroxylation is 2. The van der Waals surface area contributed by atoms with E-state index in [0.29, 0.717) is 28.4 Å². The van der Waals surface area contributed by atoms with E-state index in [9.17, 15) is 9.18 Å². The number of H-pyrrole nitrogens is 1. The molecule has 2 aromatic heterocycles. The van der Waals surface area contributed by atoms with E-state index in [4.69, 9.17) is 4.42 Å². The van der Waals surface area contributed by atoms with E-state index in [1.807, 2.05) is 6.92 Å². The van der Waals surface area contributed by atoms with Gasteiger partial charge >= 0.3 is 0 Å². The number of aromatic amines is 1.